The molecular weight excluding hydrogens is 286 g/mol. The maximum atomic E-state index is 13.1. The van der Waals surface area contributed by atoms with Crippen LogP contribution in [0, 0.1) is 5.82 Å². The van der Waals surface area contributed by atoms with Crippen molar-refractivity contribution in [3.8, 4) is 0 Å². The summed E-state index contributed by atoms with van der Waals surface area (Å²) in [5, 5.41) is 2.44. The van der Waals surface area contributed by atoms with Crippen LogP contribution >= 0.6 is 34.5 Å². The Morgan fingerprint density at radius 3 is 2.94 bits per heavy atom. The molecule has 1 atom stereocenters. The predicted molar refractivity (Wildman–Crippen MR) is 68.5 cm³/mol. The van der Waals surface area contributed by atoms with Gasteiger partial charge in [0.1, 0.15) is 16.7 Å². The van der Waals surface area contributed by atoms with Crippen molar-refractivity contribution in [3.05, 3.63) is 23.0 Å². The minimum atomic E-state index is -0.658. The lowest BCUT2D eigenvalue weighted by Gasteiger charge is -2.01. The number of thiazole rings is 1. The van der Waals surface area contributed by atoms with Crippen molar-refractivity contribution in [1.82, 2.24) is 4.98 Å². The molecule has 17 heavy (non-hydrogen) atoms. The second-order valence-electron chi connectivity index (χ2n) is 3.36. The summed E-state index contributed by atoms with van der Waals surface area (Å²) < 4.78 is 13.7. The highest BCUT2D eigenvalue weighted by Crippen LogP contribution is 2.31. The zero-order valence-electron chi connectivity index (χ0n) is 8.63. The van der Waals surface area contributed by atoms with Gasteiger partial charge in [-0.05, 0) is 19.1 Å². The van der Waals surface area contributed by atoms with Gasteiger partial charge in [0.25, 0.3) is 0 Å². The van der Waals surface area contributed by atoms with E-state index in [9.17, 15) is 9.18 Å². The van der Waals surface area contributed by atoms with E-state index in [1.165, 1.54) is 12.1 Å². The molecule has 1 amide bonds. The molecule has 0 saturated carbocycles. The van der Waals surface area contributed by atoms with Crippen LogP contribution in [0.5, 0.6) is 0 Å². The number of carbonyl (C=O) groups is 1. The number of halogens is 3. The number of nitrogens with one attached hydrogen (secondary N) is 1. The molecule has 1 aromatic carbocycles. The number of anilines is 1. The molecule has 2 rings (SSSR count). The van der Waals surface area contributed by atoms with Gasteiger partial charge in [-0.2, -0.15) is 0 Å². The van der Waals surface area contributed by atoms with Gasteiger partial charge in [0, 0.05) is 0 Å². The molecule has 1 heterocycles. The fourth-order valence-electron chi connectivity index (χ4n) is 1.22. The van der Waals surface area contributed by atoms with Crippen LogP contribution in [0.2, 0.25) is 5.02 Å². The Kier molecular flexibility index (Phi) is 3.51. The Morgan fingerprint density at radius 2 is 2.29 bits per heavy atom. The predicted octanol–water partition coefficient (Wildman–Crippen LogP) is 3.65. The minimum Gasteiger partial charge on any atom is -0.301 e. The quantitative estimate of drug-likeness (QED) is 0.859. The summed E-state index contributed by atoms with van der Waals surface area (Å²) in [5.74, 6) is -0.794. The fraction of sp³-hybridized carbons (Fsp3) is 0.200. The van der Waals surface area contributed by atoms with E-state index in [1.807, 2.05) is 0 Å². The van der Waals surface area contributed by atoms with E-state index in [0.29, 0.717) is 15.3 Å². The number of carbonyl (C=O) groups excluding carboxylic acids is 1. The maximum absolute atomic E-state index is 13.1. The van der Waals surface area contributed by atoms with Gasteiger partial charge < -0.3 is 5.32 Å². The summed E-state index contributed by atoms with van der Waals surface area (Å²) in [5.41, 5.74) is 0.468. The maximum Gasteiger partial charge on any atom is 0.243 e. The third-order valence-electron chi connectivity index (χ3n) is 2.00. The highest BCUT2D eigenvalue weighted by Gasteiger charge is 2.14. The normalized spacial score (nSPS) is 12.7. The fourth-order valence-corrected chi connectivity index (χ4v) is 2.50. The van der Waals surface area contributed by atoms with Gasteiger partial charge in [0.05, 0.1) is 9.72 Å². The molecule has 0 radical (unpaired) electrons. The van der Waals surface area contributed by atoms with Gasteiger partial charge in [0.2, 0.25) is 5.91 Å². The first-order valence-electron chi connectivity index (χ1n) is 4.68. The first kappa shape index (κ1) is 12.5. The monoisotopic (exact) mass is 292 g/mol. The van der Waals surface area contributed by atoms with Crippen LogP contribution in [-0.4, -0.2) is 16.3 Å². The number of hydrogen-bond acceptors (Lipinski definition) is 3. The van der Waals surface area contributed by atoms with Crippen LogP contribution < -0.4 is 5.32 Å². The SMILES string of the molecule is C[C@H](Cl)C(=O)Nc1nc2c(Cl)cc(F)cc2s1. The van der Waals surface area contributed by atoms with Crippen LogP contribution in [0.25, 0.3) is 10.2 Å². The van der Waals surface area contributed by atoms with Gasteiger partial charge in [0.15, 0.2) is 5.13 Å². The van der Waals surface area contributed by atoms with Crippen molar-refractivity contribution in [2.24, 2.45) is 0 Å². The lowest BCUT2D eigenvalue weighted by molar-refractivity contribution is -0.115. The first-order chi connectivity index (χ1) is 7.97. The summed E-state index contributed by atoms with van der Waals surface area (Å²) in [4.78, 5) is 15.5. The third-order valence-corrected chi connectivity index (χ3v) is 3.41. The van der Waals surface area contributed by atoms with Crippen molar-refractivity contribution in [2.75, 3.05) is 5.32 Å². The van der Waals surface area contributed by atoms with Crippen molar-refractivity contribution in [1.29, 1.82) is 0 Å². The van der Waals surface area contributed by atoms with E-state index in [1.54, 1.807) is 6.92 Å². The Balaban J connectivity index is 2.38. The Morgan fingerprint density at radius 1 is 1.59 bits per heavy atom. The van der Waals surface area contributed by atoms with Crippen LogP contribution in [-0.2, 0) is 4.79 Å². The largest absolute Gasteiger partial charge is 0.301 e. The third kappa shape index (κ3) is 2.68. The summed E-state index contributed by atoms with van der Waals surface area (Å²) in [6, 6.07) is 2.50. The Labute approximate surface area is 111 Å². The number of aromatic nitrogens is 1. The topological polar surface area (TPSA) is 42.0 Å². The van der Waals surface area contributed by atoms with E-state index < -0.39 is 11.2 Å². The van der Waals surface area contributed by atoms with Gasteiger partial charge >= 0.3 is 0 Å². The average Bonchev–Trinajstić information content (AvgIpc) is 2.60. The highest BCUT2D eigenvalue weighted by atomic mass is 35.5. The summed E-state index contributed by atoms with van der Waals surface area (Å²) in [6.07, 6.45) is 0. The second-order valence-corrected chi connectivity index (χ2v) is 5.45. The van der Waals surface area contributed by atoms with Crippen LogP contribution in [0.4, 0.5) is 9.52 Å². The molecule has 0 aliphatic rings. The zero-order valence-corrected chi connectivity index (χ0v) is 11.0. The summed E-state index contributed by atoms with van der Waals surface area (Å²) in [7, 11) is 0. The van der Waals surface area contributed by atoms with Crippen LogP contribution in [0.15, 0.2) is 12.1 Å². The molecule has 0 spiro atoms. The molecule has 0 aliphatic carbocycles. The number of rotatable bonds is 2. The molecule has 3 nitrogen and oxygen atoms in total. The summed E-state index contributed by atoms with van der Waals surface area (Å²) >= 11 is 12.6. The molecule has 0 bridgehead atoms. The molecule has 0 unspecified atom stereocenters. The molecule has 1 N–H and O–H groups in total. The second kappa shape index (κ2) is 4.76. The average molecular weight is 293 g/mol. The van der Waals surface area contributed by atoms with Crippen molar-refractivity contribution < 1.29 is 9.18 Å². The van der Waals surface area contributed by atoms with E-state index in [-0.39, 0.29) is 10.9 Å². The van der Waals surface area contributed by atoms with Crippen LogP contribution in [0.3, 0.4) is 0 Å². The number of fused-ring (bicyclic) bond motifs is 1. The van der Waals surface area contributed by atoms with Gasteiger partial charge in [-0.15, -0.1) is 11.6 Å². The van der Waals surface area contributed by atoms with Gasteiger partial charge in [-0.1, -0.05) is 22.9 Å². The van der Waals surface area contributed by atoms with Crippen molar-refractivity contribution in [2.45, 2.75) is 12.3 Å². The van der Waals surface area contributed by atoms with E-state index >= 15 is 0 Å². The molecular formula is C10H7Cl2FN2OS. The summed E-state index contributed by atoms with van der Waals surface area (Å²) in [6.45, 7) is 1.55. The van der Waals surface area contributed by atoms with Gasteiger partial charge in [-0.25, -0.2) is 9.37 Å². The van der Waals surface area contributed by atoms with E-state index in [4.69, 9.17) is 23.2 Å². The first-order valence-corrected chi connectivity index (χ1v) is 6.31. The lowest BCUT2D eigenvalue weighted by Crippen LogP contribution is -2.19. The molecule has 0 fully saturated rings. The Bertz CT molecular complexity index is 585. The number of hydrogen-bond donors (Lipinski definition) is 1. The molecule has 2 aromatic rings. The molecule has 1 aromatic heterocycles. The highest BCUT2D eigenvalue weighted by molar-refractivity contribution is 7.22. The number of nitrogens with zero attached hydrogens (tertiary/aromatic N) is 1. The molecule has 7 heteroatoms. The van der Waals surface area contributed by atoms with Crippen LogP contribution in [0.1, 0.15) is 6.92 Å². The number of alkyl halides is 1. The molecule has 90 valence electrons. The molecule has 0 saturated heterocycles. The number of amides is 1. The Hall–Kier alpha value is -0.910. The molecule has 0 aliphatic heterocycles. The van der Waals surface area contributed by atoms with E-state index in [2.05, 4.69) is 10.3 Å². The van der Waals surface area contributed by atoms with E-state index in [0.717, 1.165) is 11.3 Å². The zero-order chi connectivity index (χ0) is 12.6. The lowest BCUT2D eigenvalue weighted by atomic mass is 10.3. The number of benzene rings is 1. The van der Waals surface area contributed by atoms with Gasteiger partial charge in [-0.3, -0.25) is 4.79 Å². The van der Waals surface area contributed by atoms with Crippen molar-refractivity contribution >= 4 is 55.8 Å². The smallest absolute Gasteiger partial charge is 0.243 e. The minimum absolute atomic E-state index is 0.218. The standard InChI is InChI=1S/C10H7Cl2FN2OS/c1-4(11)9(16)15-10-14-8-6(12)2-5(13)3-7(8)17-10/h2-4H,1H3,(H,14,15,16)/t4-/m0/s1. The van der Waals surface area contributed by atoms with Crippen molar-refractivity contribution in [3.63, 3.8) is 0 Å².